The Morgan fingerprint density at radius 1 is 1.18 bits per heavy atom. The van der Waals surface area contributed by atoms with Gasteiger partial charge in [0.05, 0.1) is 0 Å². The van der Waals surface area contributed by atoms with E-state index in [1.54, 1.807) is 5.32 Å². The van der Waals surface area contributed by atoms with Crippen molar-refractivity contribution in [2.24, 2.45) is 0 Å². The van der Waals surface area contributed by atoms with Gasteiger partial charge in [-0.2, -0.15) is 13.2 Å². The summed E-state index contributed by atoms with van der Waals surface area (Å²) in [7, 11) is 0. The van der Waals surface area contributed by atoms with Crippen LogP contribution in [0.25, 0.3) is 0 Å². The molecule has 2 N–H and O–H groups in total. The van der Waals surface area contributed by atoms with Crippen molar-refractivity contribution in [2.45, 2.75) is 6.18 Å². The van der Waals surface area contributed by atoms with E-state index in [1.807, 2.05) is 4.72 Å². The molecular formula is C8H6F3N2O3S-. The average molecular weight is 267 g/mol. The van der Waals surface area contributed by atoms with E-state index in [0.29, 0.717) is 0 Å². The van der Waals surface area contributed by atoms with E-state index in [1.165, 1.54) is 12.1 Å². The van der Waals surface area contributed by atoms with E-state index in [0.717, 1.165) is 12.1 Å². The van der Waals surface area contributed by atoms with Gasteiger partial charge in [0, 0.05) is 22.6 Å². The van der Waals surface area contributed by atoms with Crippen molar-refractivity contribution in [1.82, 2.24) is 0 Å². The zero-order chi connectivity index (χ0) is 13.1. The summed E-state index contributed by atoms with van der Waals surface area (Å²) in [6.07, 6.45) is -4.96. The van der Waals surface area contributed by atoms with Crippen molar-refractivity contribution in [1.29, 1.82) is 0 Å². The highest BCUT2D eigenvalue weighted by molar-refractivity contribution is 7.80. The van der Waals surface area contributed by atoms with Gasteiger partial charge in [0.15, 0.2) is 0 Å². The van der Waals surface area contributed by atoms with Gasteiger partial charge in [0.2, 0.25) is 0 Å². The standard InChI is InChI=1S/C8H7F3N2O3S/c9-8(10,11)7(14)12-5-1-3-6(4-2-5)13-17(15)16/h1-4,13H,(H,12,14)(H,15,16)/p-1. The molecular weight excluding hydrogens is 261 g/mol. The molecule has 0 spiro atoms. The summed E-state index contributed by atoms with van der Waals surface area (Å²) >= 11 is -2.52. The van der Waals surface area contributed by atoms with Gasteiger partial charge >= 0.3 is 12.1 Å². The minimum absolute atomic E-state index is 0.0884. The van der Waals surface area contributed by atoms with Crippen molar-refractivity contribution in [3.63, 3.8) is 0 Å². The van der Waals surface area contributed by atoms with Crippen LogP contribution in [-0.4, -0.2) is 20.8 Å². The van der Waals surface area contributed by atoms with Crippen LogP contribution in [0.1, 0.15) is 0 Å². The first-order chi connectivity index (χ1) is 7.79. The molecule has 0 radical (unpaired) electrons. The van der Waals surface area contributed by atoms with Crippen LogP contribution < -0.4 is 10.0 Å². The minimum atomic E-state index is -4.96. The van der Waals surface area contributed by atoms with Gasteiger partial charge in [-0.1, -0.05) is 0 Å². The second-order valence-electron chi connectivity index (χ2n) is 2.87. The summed E-state index contributed by atoms with van der Waals surface area (Å²) in [4.78, 5) is 10.5. The first-order valence-corrected chi connectivity index (χ1v) is 5.20. The van der Waals surface area contributed by atoms with Gasteiger partial charge in [0.1, 0.15) is 0 Å². The van der Waals surface area contributed by atoms with Crippen molar-refractivity contribution in [3.8, 4) is 0 Å². The number of carbonyl (C=O) groups is 1. The number of alkyl halides is 3. The lowest BCUT2D eigenvalue weighted by Gasteiger charge is -2.10. The van der Waals surface area contributed by atoms with Gasteiger partial charge in [0.25, 0.3) is 0 Å². The van der Waals surface area contributed by atoms with Crippen molar-refractivity contribution < 1.29 is 26.7 Å². The lowest BCUT2D eigenvalue weighted by atomic mass is 10.3. The number of halogens is 3. The van der Waals surface area contributed by atoms with Crippen LogP contribution in [0.3, 0.4) is 0 Å². The summed E-state index contributed by atoms with van der Waals surface area (Å²) in [6.45, 7) is 0. The summed E-state index contributed by atoms with van der Waals surface area (Å²) in [6, 6.07) is 4.70. The quantitative estimate of drug-likeness (QED) is 0.812. The van der Waals surface area contributed by atoms with E-state index in [2.05, 4.69) is 0 Å². The number of rotatable bonds is 3. The van der Waals surface area contributed by atoms with Gasteiger partial charge < -0.3 is 14.6 Å². The Labute approximate surface area is 96.4 Å². The third-order valence-corrected chi connectivity index (χ3v) is 2.00. The molecule has 1 amide bonds. The zero-order valence-electron chi connectivity index (χ0n) is 8.08. The smallest absolute Gasteiger partial charge is 0.471 e. The molecule has 1 atom stereocenters. The third kappa shape index (κ3) is 4.41. The van der Waals surface area contributed by atoms with E-state index >= 15 is 0 Å². The van der Waals surface area contributed by atoms with Crippen LogP contribution in [0.4, 0.5) is 24.5 Å². The average Bonchev–Trinajstić information content (AvgIpc) is 2.18. The maximum absolute atomic E-state index is 11.9. The largest absolute Gasteiger partial charge is 0.755 e. The van der Waals surface area contributed by atoms with Gasteiger partial charge in [-0.15, -0.1) is 0 Å². The number of hydrogen-bond donors (Lipinski definition) is 2. The van der Waals surface area contributed by atoms with Crippen molar-refractivity contribution in [2.75, 3.05) is 10.0 Å². The fourth-order valence-electron chi connectivity index (χ4n) is 0.920. The first-order valence-electron chi connectivity index (χ1n) is 4.13. The SMILES string of the molecule is O=C(Nc1ccc(NS(=O)[O-])cc1)C(F)(F)F. The molecule has 1 unspecified atom stereocenters. The van der Waals surface area contributed by atoms with E-state index in [4.69, 9.17) is 0 Å². The zero-order valence-corrected chi connectivity index (χ0v) is 8.89. The van der Waals surface area contributed by atoms with Crippen LogP contribution in [0.2, 0.25) is 0 Å². The molecule has 0 saturated heterocycles. The Kier molecular flexibility index (Phi) is 4.07. The fraction of sp³-hybridized carbons (Fsp3) is 0.125. The van der Waals surface area contributed by atoms with Gasteiger partial charge in [-0.3, -0.25) is 9.00 Å². The normalized spacial score (nSPS) is 12.9. The molecule has 1 aromatic carbocycles. The van der Waals surface area contributed by atoms with Crippen LogP contribution in [0, 0.1) is 0 Å². The van der Waals surface area contributed by atoms with Crippen LogP contribution in [0.15, 0.2) is 24.3 Å². The predicted octanol–water partition coefficient (Wildman–Crippen LogP) is 1.39. The van der Waals surface area contributed by atoms with Gasteiger partial charge in [-0.25, -0.2) is 0 Å². The highest BCUT2D eigenvalue weighted by Gasteiger charge is 2.38. The third-order valence-electron chi connectivity index (χ3n) is 1.60. The Bertz CT molecular complexity index is 433. The fourth-order valence-corrected chi connectivity index (χ4v) is 1.25. The Morgan fingerprint density at radius 2 is 1.65 bits per heavy atom. The monoisotopic (exact) mass is 267 g/mol. The summed E-state index contributed by atoms with van der Waals surface area (Å²) in [5, 5.41) is 1.62. The molecule has 0 saturated carbocycles. The molecule has 0 aromatic heterocycles. The molecule has 94 valence electrons. The first kappa shape index (κ1) is 13.5. The second-order valence-corrected chi connectivity index (χ2v) is 3.54. The highest BCUT2D eigenvalue weighted by Crippen LogP contribution is 2.19. The molecule has 17 heavy (non-hydrogen) atoms. The minimum Gasteiger partial charge on any atom is -0.755 e. The number of amides is 1. The lowest BCUT2D eigenvalue weighted by molar-refractivity contribution is -0.167. The molecule has 1 rings (SSSR count). The molecule has 0 heterocycles. The van der Waals surface area contributed by atoms with E-state index in [9.17, 15) is 26.7 Å². The molecule has 0 fully saturated rings. The van der Waals surface area contributed by atoms with E-state index in [-0.39, 0.29) is 11.4 Å². The summed E-state index contributed by atoms with van der Waals surface area (Å²) in [5.74, 6) is -2.09. The Hall–Kier alpha value is -1.61. The molecule has 9 heteroatoms. The molecule has 0 aliphatic rings. The Morgan fingerprint density at radius 3 is 2.06 bits per heavy atom. The summed E-state index contributed by atoms with van der Waals surface area (Å²) in [5.41, 5.74) is 0.0814. The molecule has 1 aromatic rings. The topological polar surface area (TPSA) is 81.3 Å². The summed E-state index contributed by atoms with van der Waals surface area (Å²) < 4.78 is 58.1. The maximum atomic E-state index is 11.9. The van der Waals surface area contributed by atoms with Crippen LogP contribution in [-0.2, 0) is 16.1 Å². The van der Waals surface area contributed by atoms with Crippen LogP contribution in [0.5, 0.6) is 0 Å². The predicted molar refractivity (Wildman–Crippen MR) is 53.7 cm³/mol. The second kappa shape index (κ2) is 5.15. The Balaban J connectivity index is 2.69. The lowest BCUT2D eigenvalue weighted by Crippen LogP contribution is -2.29. The van der Waals surface area contributed by atoms with Crippen molar-refractivity contribution in [3.05, 3.63) is 24.3 Å². The number of benzene rings is 1. The van der Waals surface area contributed by atoms with Crippen LogP contribution >= 0.6 is 0 Å². The maximum Gasteiger partial charge on any atom is 0.471 e. The van der Waals surface area contributed by atoms with Crippen molar-refractivity contribution >= 4 is 28.5 Å². The molecule has 0 bridgehead atoms. The number of anilines is 2. The molecule has 0 aliphatic heterocycles. The molecule has 0 aliphatic carbocycles. The number of nitrogens with one attached hydrogen (secondary N) is 2. The number of hydrogen-bond acceptors (Lipinski definition) is 3. The van der Waals surface area contributed by atoms with E-state index < -0.39 is 23.3 Å². The van der Waals surface area contributed by atoms with Gasteiger partial charge in [-0.05, 0) is 24.3 Å². The molecule has 5 nitrogen and oxygen atoms in total. The number of carbonyl (C=O) groups excluding carboxylic acids is 1. The highest BCUT2D eigenvalue weighted by atomic mass is 32.2.